The van der Waals surface area contributed by atoms with Crippen LogP contribution in [0.2, 0.25) is 0 Å². The van der Waals surface area contributed by atoms with Gasteiger partial charge >= 0.3 is 0 Å². The van der Waals surface area contributed by atoms with E-state index in [1.807, 2.05) is 13.8 Å². The van der Waals surface area contributed by atoms with Gasteiger partial charge in [-0.15, -0.1) is 0 Å². The van der Waals surface area contributed by atoms with Crippen LogP contribution >= 0.6 is 0 Å². The zero-order valence-corrected chi connectivity index (χ0v) is 15.6. The Hall–Kier alpha value is -0.210. The fourth-order valence-electron chi connectivity index (χ4n) is 4.13. The summed E-state index contributed by atoms with van der Waals surface area (Å²) in [5, 5.41) is 0. The van der Waals surface area contributed by atoms with Crippen molar-refractivity contribution < 1.29 is 42.8 Å². The molecule has 0 N–H and O–H groups in total. The fraction of sp³-hybridized carbons (Fsp3) is 0.867. The minimum atomic E-state index is -0.655. The van der Waals surface area contributed by atoms with E-state index in [-0.39, 0.29) is 48.0 Å². The summed E-state index contributed by atoms with van der Waals surface area (Å²) in [6.45, 7) is 5.15. The molecule has 6 heteroatoms. The van der Waals surface area contributed by atoms with Gasteiger partial charge in [-0.2, -0.15) is 0 Å². The normalized spacial score (nSPS) is 41.5. The van der Waals surface area contributed by atoms with Crippen molar-refractivity contribution in [3.05, 3.63) is 0 Å². The standard InChI is InChI=1S/C15H25N2O3.HI/c1-14-10-6-7-11(20-10)15(14,2)13(19)16(12(14)18)8-9-17(3,4)5;/h10-11H,6-9H2,1-5H3;1H/q+1;/p-1. The first-order chi connectivity index (χ1) is 9.12. The third-order valence-corrected chi connectivity index (χ3v) is 5.76. The first kappa shape index (κ1) is 17.1. The Balaban J connectivity index is 0.00000161. The van der Waals surface area contributed by atoms with E-state index in [0.29, 0.717) is 6.54 Å². The van der Waals surface area contributed by atoms with Gasteiger partial charge in [-0.05, 0) is 26.7 Å². The maximum absolute atomic E-state index is 12.8. The predicted molar refractivity (Wildman–Crippen MR) is 73.7 cm³/mol. The quantitative estimate of drug-likeness (QED) is 0.298. The van der Waals surface area contributed by atoms with Gasteiger partial charge in [-0.3, -0.25) is 14.5 Å². The van der Waals surface area contributed by atoms with Crippen molar-refractivity contribution in [1.82, 2.24) is 4.90 Å². The number of carbonyl (C=O) groups is 2. The van der Waals surface area contributed by atoms with Gasteiger partial charge in [0.05, 0.1) is 57.3 Å². The highest BCUT2D eigenvalue weighted by molar-refractivity contribution is 6.10. The lowest BCUT2D eigenvalue weighted by Crippen LogP contribution is -3.00. The number of likely N-dealkylation sites (tertiary alicyclic amines) is 1. The first-order valence-corrected chi connectivity index (χ1v) is 7.44. The molecule has 2 bridgehead atoms. The predicted octanol–water partition coefficient (Wildman–Crippen LogP) is -2.36. The van der Waals surface area contributed by atoms with E-state index < -0.39 is 10.8 Å². The monoisotopic (exact) mass is 408 g/mol. The number of likely N-dealkylation sites (N-methyl/N-ethyl adjacent to an activating group) is 1. The van der Waals surface area contributed by atoms with E-state index in [1.54, 1.807) is 0 Å². The number of imide groups is 1. The molecule has 3 aliphatic heterocycles. The molecule has 5 nitrogen and oxygen atoms in total. The zero-order valence-electron chi connectivity index (χ0n) is 13.5. The van der Waals surface area contributed by atoms with Gasteiger partial charge in [0.2, 0.25) is 11.8 Å². The summed E-state index contributed by atoms with van der Waals surface area (Å²) >= 11 is 0. The van der Waals surface area contributed by atoms with Crippen molar-refractivity contribution in [2.45, 2.75) is 38.9 Å². The topological polar surface area (TPSA) is 46.6 Å². The van der Waals surface area contributed by atoms with Crippen LogP contribution in [0, 0.1) is 10.8 Å². The summed E-state index contributed by atoms with van der Waals surface area (Å²) < 4.78 is 6.65. The second-order valence-electron chi connectivity index (χ2n) is 7.87. The molecule has 120 valence electrons. The number of hydrogen-bond acceptors (Lipinski definition) is 3. The van der Waals surface area contributed by atoms with Crippen LogP contribution in [0.3, 0.4) is 0 Å². The third-order valence-electron chi connectivity index (χ3n) is 5.76. The molecule has 3 saturated heterocycles. The number of hydrogen-bond donors (Lipinski definition) is 0. The van der Waals surface area contributed by atoms with Crippen LogP contribution < -0.4 is 24.0 Å². The molecule has 0 aromatic rings. The van der Waals surface area contributed by atoms with Crippen LogP contribution in [0.5, 0.6) is 0 Å². The maximum atomic E-state index is 12.8. The molecule has 3 heterocycles. The van der Waals surface area contributed by atoms with Crippen LogP contribution in [-0.4, -0.2) is 67.6 Å². The molecule has 4 atom stereocenters. The maximum Gasteiger partial charge on any atom is 0.239 e. The Bertz CT molecular complexity index is 456. The van der Waals surface area contributed by atoms with Crippen LogP contribution in [0.15, 0.2) is 0 Å². The van der Waals surface area contributed by atoms with Crippen molar-refractivity contribution in [3.63, 3.8) is 0 Å². The van der Waals surface area contributed by atoms with Gasteiger partial charge in [0.25, 0.3) is 0 Å². The van der Waals surface area contributed by atoms with Crippen molar-refractivity contribution in [2.75, 3.05) is 34.2 Å². The Morgan fingerprint density at radius 3 is 1.90 bits per heavy atom. The van der Waals surface area contributed by atoms with Crippen LogP contribution in [-0.2, 0) is 14.3 Å². The smallest absolute Gasteiger partial charge is 0.239 e. The average Bonchev–Trinajstić information content (AvgIpc) is 2.94. The summed E-state index contributed by atoms with van der Waals surface area (Å²) in [4.78, 5) is 27.2. The number of rotatable bonds is 3. The molecule has 0 radical (unpaired) electrons. The second kappa shape index (κ2) is 4.89. The molecule has 0 spiro atoms. The number of amides is 2. The van der Waals surface area contributed by atoms with E-state index in [2.05, 4.69) is 21.1 Å². The molecule has 3 fully saturated rings. The van der Waals surface area contributed by atoms with Crippen molar-refractivity contribution in [1.29, 1.82) is 0 Å². The molecule has 0 aromatic carbocycles. The fourth-order valence-corrected chi connectivity index (χ4v) is 4.13. The van der Waals surface area contributed by atoms with E-state index in [4.69, 9.17) is 4.74 Å². The van der Waals surface area contributed by atoms with Gasteiger partial charge < -0.3 is 33.2 Å². The van der Waals surface area contributed by atoms with Gasteiger partial charge in [-0.1, -0.05) is 0 Å². The lowest BCUT2D eigenvalue weighted by Gasteiger charge is -2.36. The highest BCUT2D eigenvalue weighted by Gasteiger charge is 2.76. The average molecular weight is 408 g/mol. The molecule has 2 amide bonds. The molecule has 4 unspecified atom stereocenters. The molecular weight excluding hydrogens is 383 g/mol. The largest absolute Gasteiger partial charge is 1.00 e. The van der Waals surface area contributed by atoms with Gasteiger partial charge in [0.1, 0.15) is 0 Å². The highest BCUT2D eigenvalue weighted by atomic mass is 127. The van der Waals surface area contributed by atoms with Crippen LogP contribution in [0.1, 0.15) is 26.7 Å². The van der Waals surface area contributed by atoms with E-state index in [0.717, 1.165) is 23.9 Å². The van der Waals surface area contributed by atoms with Crippen LogP contribution in [0.25, 0.3) is 0 Å². The Kier molecular flexibility index (Phi) is 4.00. The van der Waals surface area contributed by atoms with Gasteiger partial charge in [0.15, 0.2) is 0 Å². The van der Waals surface area contributed by atoms with Crippen molar-refractivity contribution in [3.8, 4) is 0 Å². The minimum absolute atomic E-state index is 0. The van der Waals surface area contributed by atoms with Crippen molar-refractivity contribution in [2.24, 2.45) is 10.8 Å². The summed E-state index contributed by atoms with van der Waals surface area (Å²) in [6.07, 6.45) is 1.64. The molecule has 0 aromatic heterocycles. The van der Waals surface area contributed by atoms with E-state index in [9.17, 15) is 9.59 Å². The number of quaternary nitrogens is 1. The Morgan fingerprint density at radius 1 is 1.10 bits per heavy atom. The number of halogens is 1. The molecule has 3 aliphatic rings. The third kappa shape index (κ3) is 2.01. The van der Waals surface area contributed by atoms with E-state index in [1.165, 1.54) is 4.90 Å². The Morgan fingerprint density at radius 2 is 1.52 bits per heavy atom. The number of fused-ring (bicyclic) bond motifs is 5. The van der Waals surface area contributed by atoms with Crippen molar-refractivity contribution >= 4 is 11.8 Å². The summed E-state index contributed by atoms with van der Waals surface area (Å²) in [5.41, 5.74) is -1.31. The number of carbonyl (C=O) groups excluding carboxylic acids is 2. The summed E-state index contributed by atoms with van der Waals surface area (Å²) in [5.74, 6) is -0.0451. The second-order valence-corrected chi connectivity index (χ2v) is 7.87. The van der Waals surface area contributed by atoms with Crippen LogP contribution in [0.4, 0.5) is 0 Å². The van der Waals surface area contributed by atoms with E-state index >= 15 is 0 Å². The summed E-state index contributed by atoms with van der Waals surface area (Å²) in [6, 6.07) is 0. The SMILES string of the molecule is CC12C(=O)N(CC[N+](C)(C)C)C(=O)C1(C)C1CCC2O1.[I-]. The summed E-state index contributed by atoms with van der Waals surface area (Å²) in [7, 11) is 6.21. The lowest BCUT2D eigenvalue weighted by atomic mass is 9.59. The van der Waals surface area contributed by atoms with Gasteiger partial charge in [0, 0.05) is 0 Å². The number of nitrogens with zero attached hydrogens (tertiary/aromatic N) is 2. The Labute approximate surface area is 143 Å². The number of ether oxygens (including phenoxy) is 1. The first-order valence-electron chi connectivity index (χ1n) is 7.44. The molecule has 0 aliphatic carbocycles. The lowest BCUT2D eigenvalue weighted by molar-refractivity contribution is -0.869. The molecule has 21 heavy (non-hydrogen) atoms. The molecular formula is C15H25IN2O3. The highest BCUT2D eigenvalue weighted by Crippen LogP contribution is 2.64. The van der Waals surface area contributed by atoms with Gasteiger partial charge in [-0.25, -0.2) is 0 Å². The zero-order chi connectivity index (χ0) is 14.9. The molecule has 0 saturated carbocycles. The molecule has 3 rings (SSSR count). The minimum Gasteiger partial charge on any atom is -1.00 e.